The van der Waals surface area contributed by atoms with Gasteiger partial charge in [-0.25, -0.2) is 0 Å². The smallest absolute Gasteiger partial charge is 0.226 e. The molecule has 0 atom stereocenters. The summed E-state index contributed by atoms with van der Waals surface area (Å²) in [6.07, 6.45) is 1.66. The highest BCUT2D eigenvalue weighted by Crippen LogP contribution is 2.15. The maximum atomic E-state index is 11.7. The van der Waals surface area contributed by atoms with E-state index in [0.29, 0.717) is 41.7 Å². The molecule has 2 rings (SSSR count). The fourth-order valence-corrected chi connectivity index (χ4v) is 1.82. The fourth-order valence-electron chi connectivity index (χ4n) is 1.63. The van der Waals surface area contributed by atoms with Crippen molar-refractivity contribution in [3.05, 3.63) is 41.0 Å². The number of amides is 1. The lowest BCUT2D eigenvalue weighted by molar-refractivity contribution is -0.116. The predicted octanol–water partition coefficient (Wildman–Crippen LogP) is 2.99. The van der Waals surface area contributed by atoms with Crippen LogP contribution in [0.15, 0.2) is 28.8 Å². The Balaban J connectivity index is 1.76. The lowest BCUT2D eigenvalue weighted by atomic mass is 10.2. The number of carbonyl (C=O) groups excluding carboxylic acids is 1. The Labute approximate surface area is 116 Å². The maximum Gasteiger partial charge on any atom is 0.226 e. The van der Waals surface area contributed by atoms with Crippen molar-refractivity contribution >= 4 is 23.2 Å². The van der Waals surface area contributed by atoms with Gasteiger partial charge in [0.15, 0.2) is 5.82 Å². The van der Waals surface area contributed by atoms with E-state index in [4.69, 9.17) is 16.1 Å². The Morgan fingerprint density at radius 1 is 1.47 bits per heavy atom. The maximum absolute atomic E-state index is 11.7. The van der Waals surface area contributed by atoms with Crippen LogP contribution in [0.25, 0.3) is 0 Å². The summed E-state index contributed by atoms with van der Waals surface area (Å²) in [6.45, 7) is 1.76. The van der Waals surface area contributed by atoms with Crippen molar-refractivity contribution in [3.8, 4) is 0 Å². The van der Waals surface area contributed by atoms with Crippen LogP contribution in [0.1, 0.15) is 24.6 Å². The number of anilines is 1. The Hall–Kier alpha value is -1.88. The molecule has 1 amide bonds. The van der Waals surface area contributed by atoms with E-state index >= 15 is 0 Å². The van der Waals surface area contributed by atoms with Crippen LogP contribution in [0.2, 0.25) is 5.02 Å². The van der Waals surface area contributed by atoms with Crippen LogP contribution < -0.4 is 5.32 Å². The van der Waals surface area contributed by atoms with E-state index in [-0.39, 0.29) is 5.91 Å². The summed E-state index contributed by atoms with van der Waals surface area (Å²) in [5.41, 5.74) is 0.700. The lowest BCUT2D eigenvalue weighted by Gasteiger charge is -2.04. The van der Waals surface area contributed by atoms with Crippen molar-refractivity contribution < 1.29 is 9.32 Å². The molecule has 100 valence electrons. The molecule has 2 aromatic rings. The normalized spacial score (nSPS) is 10.4. The monoisotopic (exact) mass is 279 g/mol. The number of nitrogens with one attached hydrogen (secondary N) is 1. The standard InChI is InChI=1S/C13H14ClN3O2/c1-9-15-13(19-17-9)7-3-6-12(18)16-11-5-2-4-10(14)8-11/h2,4-5,8H,3,6-7H2,1H3,(H,16,18). The van der Waals surface area contributed by atoms with Crippen LogP contribution in [-0.2, 0) is 11.2 Å². The summed E-state index contributed by atoms with van der Waals surface area (Å²) in [5, 5.41) is 7.07. The van der Waals surface area contributed by atoms with Crippen LogP contribution in [0.5, 0.6) is 0 Å². The van der Waals surface area contributed by atoms with Crippen LogP contribution >= 0.6 is 11.6 Å². The number of rotatable bonds is 5. The fraction of sp³-hybridized carbons (Fsp3) is 0.308. The second kappa shape index (κ2) is 6.33. The van der Waals surface area contributed by atoms with Gasteiger partial charge in [0.2, 0.25) is 11.8 Å². The van der Waals surface area contributed by atoms with E-state index in [9.17, 15) is 4.79 Å². The number of hydrogen-bond acceptors (Lipinski definition) is 4. The highest BCUT2D eigenvalue weighted by Gasteiger charge is 2.06. The van der Waals surface area contributed by atoms with Crippen molar-refractivity contribution in [2.45, 2.75) is 26.2 Å². The molecule has 0 saturated carbocycles. The van der Waals surface area contributed by atoms with E-state index in [1.165, 1.54) is 0 Å². The lowest BCUT2D eigenvalue weighted by Crippen LogP contribution is -2.11. The Kier molecular flexibility index (Phi) is 4.52. The molecule has 6 heteroatoms. The zero-order chi connectivity index (χ0) is 13.7. The van der Waals surface area contributed by atoms with E-state index in [1.807, 2.05) is 0 Å². The SMILES string of the molecule is Cc1noc(CCCC(=O)Nc2cccc(Cl)c2)n1. The molecule has 0 radical (unpaired) electrons. The van der Waals surface area contributed by atoms with Gasteiger partial charge in [0.05, 0.1) is 0 Å². The number of carbonyl (C=O) groups is 1. The first-order chi connectivity index (χ1) is 9.13. The van der Waals surface area contributed by atoms with Gasteiger partial charge in [-0.15, -0.1) is 0 Å². The molecule has 1 aromatic carbocycles. The number of benzene rings is 1. The van der Waals surface area contributed by atoms with Gasteiger partial charge in [0.25, 0.3) is 0 Å². The largest absolute Gasteiger partial charge is 0.339 e. The van der Waals surface area contributed by atoms with Gasteiger partial charge in [-0.3, -0.25) is 4.79 Å². The molecule has 5 nitrogen and oxygen atoms in total. The molecule has 0 unspecified atom stereocenters. The molecule has 0 aliphatic heterocycles. The Morgan fingerprint density at radius 3 is 3.00 bits per heavy atom. The van der Waals surface area contributed by atoms with Gasteiger partial charge in [0.1, 0.15) is 0 Å². The van der Waals surface area contributed by atoms with E-state index in [0.717, 1.165) is 0 Å². The van der Waals surface area contributed by atoms with Crippen LogP contribution in [-0.4, -0.2) is 16.0 Å². The number of nitrogens with zero attached hydrogens (tertiary/aromatic N) is 2. The molecule has 0 spiro atoms. The predicted molar refractivity (Wildman–Crippen MR) is 72.1 cm³/mol. The zero-order valence-corrected chi connectivity index (χ0v) is 11.3. The highest BCUT2D eigenvalue weighted by molar-refractivity contribution is 6.30. The van der Waals surface area contributed by atoms with Gasteiger partial charge >= 0.3 is 0 Å². The summed E-state index contributed by atoms with van der Waals surface area (Å²) in [7, 11) is 0. The van der Waals surface area contributed by atoms with Crippen LogP contribution in [0.4, 0.5) is 5.69 Å². The molecular formula is C13H14ClN3O2. The second-order valence-corrected chi connectivity index (χ2v) is 4.58. The molecule has 0 bridgehead atoms. The van der Waals surface area contributed by atoms with Gasteiger partial charge in [-0.05, 0) is 31.5 Å². The highest BCUT2D eigenvalue weighted by atomic mass is 35.5. The molecule has 1 heterocycles. The van der Waals surface area contributed by atoms with Crippen molar-refractivity contribution in [1.29, 1.82) is 0 Å². The van der Waals surface area contributed by atoms with Gasteiger partial charge in [-0.1, -0.05) is 22.8 Å². The van der Waals surface area contributed by atoms with Crippen molar-refractivity contribution in [3.63, 3.8) is 0 Å². The Bertz CT molecular complexity index is 569. The summed E-state index contributed by atoms with van der Waals surface area (Å²) in [5.74, 6) is 1.12. The first kappa shape index (κ1) is 13.5. The summed E-state index contributed by atoms with van der Waals surface area (Å²) >= 11 is 5.84. The molecule has 1 aromatic heterocycles. The minimum Gasteiger partial charge on any atom is -0.339 e. The van der Waals surface area contributed by atoms with Crippen molar-refractivity contribution in [1.82, 2.24) is 10.1 Å². The molecular weight excluding hydrogens is 266 g/mol. The van der Waals surface area contributed by atoms with Gasteiger partial charge in [0, 0.05) is 23.6 Å². The summed E-state index contributed by atoms with van der Waals surface area (Å²) < 4.78 is 4.97. The average Bonchev–Trinajstić information content (AvgIpc) is 2.75. The first-order valence-corrected chi connectivity index (χ1v) is 6.36. The number of aromatic nitrogens is 2. The van der Waals surface area contributed by atoms with Gasteiger partial charge in [-0.2, -0.15) is 4.98 Å². The quantitative estimate of drug-likeness (QED) is 0.913. The summed E-state index contributed by atoms with van der Waals surface area (Å²) in [4.78, 5) is 15.8. The number of hydrogen-bond donors (Lipinski definition) is 1. The molecule has 0 aliphatic carbocycles. The first-order valence-electron chi connectivity index (χ1n) is 5.98. The molecule has 0 fully saturated rings. The van der Waals surface area contributed by atoms with E-state index in [2.05, 4.69) is 15.5 Å². The third-order valence-electron chi connectivity index (χ3n) is 2.47. The topological polar surface area (TPSA) is 68.0 Å². The zero-order valence-electron chi connectivity index (χ0n) is 10.5. The second-order valence-electron chi connectivity index (χ2n) is 4.15. The minimum atomic E-state index is -0.0569. The Morgan fingerprint density at radius 2 is 2.32 bits per heavy atom. The minimum absolute atomic E-state index is 0.0569. The van der Waals surface area contributed by atoms with Gasteiger partial charge < -0.3 is 9.84 Å². The van der Waals surface area contributed by atoms with E-state index in [1.54, 1.807) is 31.2 Å². The van der Waals surface area contributed by atoms with Crippen molar-refractivity contribution in [2.75, 3.05) is 5.32 Å². The molecule has 19 heavy (non-hydrogen) atoms. The molecule has 1 N–H and O–H groups in total. The van der Waals surface area contributed by atoms with Crippen LogP contribution in [0, 0.1) is 6.92 Å². The molecule has 0 aliphatic rings. The number of aryl methyl sites for hydroxylation is 2. The van der Waals surface area contributed by atoms with Crippen molar-refractivity contribution in [2.24, 2.45) is 0 Å². The number of halogens is 1. The third kappa shape index (κ3) is 4.37. The molecule has 0 saturated heterocycles. The van der Waals surface area contributed by atoms with E-state index < -0.39 is 0 Å². The summed E-state index contributed by atoms with van der Waals surface area (Å²) in [6, 6.07) is 7.06. The van der Waals surface area contributed by atoms with Crippen LogP contribution in [0.3, 0.4) is 0 Å². The average molecular weight is 280 g/mol. The third-order valence-corrected chi connectivity index (χ3v) is 2.71.